The van der Waals surface area contributed by atoms with Crippen LogP contribution in [0.3, 0.4) is 0 Å². The summed E-state index contributed by atoms with van der Waals surface area (Å²) in [6.07, 6.45) is 3.31. The fraction of sp³-hybridized carbons (Fsp3) is 0.167. The molecule has 0 bridgehead atoms. The predicted molar refractivity (Wildman–Crippen MR) is 81.6 cm³/mol. The lowest BCUT2D eigenvalue weighted by atomic mass is 10.2. The van der Waals surface area contributed by atoms with Crippen LogP contribution in [-0.4, -0.2) is 32.5 Å². The van der Waals surface area contributed by atoms with Gasteiger partial charge in [-0.15, -0.1) is 10.2 Å². The molecule has 20 heavy (non-hydrogen) atoms. The van der Waals surface area contributed by atoms with Crippen molar-refractivity contribution in [3.05, 3.63) is 44.3 Å². The summed E-state index contributed by atoms with van der Waals surface area (Å²) >= 11 is 4.51. The molecule has 6 nitrogen and oxygen atoms in total. The minimum absolute atomic E-state index is 0.144. The molecule has 0 spiro atoms. The first-order chi connectivity index (χ1) is 9.52. The van der Waals surface area contributed by atoms with Gasteiger partial charge < -0.3 is 5.11 Å². The Labute approximate surface area is 127 Å². The molecule has 1 aromatic heterocycles. The number of nitrogens with zero attached hydrogens (tertiary/aromatic N) is 4. The number of rotatable bonds is 3. The lowest BCUT2D eigenvalue weighted by molar-refractivity contribution is 0.472. The van der Waals surface area contributed by atoms with E-state index in [1.807, 2.05) is 0 Å². The maximum atomic E-state index is 12.0. The van der Waals surface area contributed by atoms with E-state index in [9.17, 15) is 9.90 Å². The van der Waals surface area contributed by atoms with Crippen LogP contribution >= 0.6 is 27.7 Å². The summed E-state index contributed by atoms with van der Waals surface area (Å²) in [7, 11) is 0. The highest BCUT2D eigenvalue weighted by Gasteiger charge is 2.07. The van der Waals surface area contributed by atoms with Crippen molar-refractivity contribution in [1.82, 2.24) is 14.9 Å². The smallest absolute Gasteiger partial charge is 0.296 e. The fourth-order valence-electron chi connectivity index (χ4n) is 1.40. The Kier molecular flexibility index (Phi) is 4.56. The third kappa shape index (κ3) is 3.07. The van der Waals surface area contributed by atoms with E-state index in [0.29, 0.717) is 9.63 Å². The zero-order valence-corrected chi connectivity index (χ0v) is 13.1. The third-order valence-electron chi connectivity index (χ3n) is 2.45. The quantitative estimate of drug-likeness (QED) is 0.673. The summed E-state index contributed by atoms with van der Waals surface area (Å²) in [5.74, 6) is 0.144. The van der Waals surface area contributed by atoms with E-state index in [1.54, 1.807) is 31.4 Å². The number of hydrogen-bond acceptors (Lipinski definition) is 6. The minimum Gasteiger partial charge on any atom is -0.507 e. The van der Waals surface area contributed by atoms with E-state index in [2.05, 4.69) is 31.2 Å². The Morgan fingerprint density at radius 3 is 2.85 bits per heavy atom. The average Bonchev–Trinajstić information content (AvgIpc) is 2.44. The number of benzene rings is 1. The second kappa shape index (κ2) is 6.19. The molecule has 0 fully saturated rings. The first-order valence-electron chi connectivity index (χ1n) is 5.56. The van der Waals surface area contributed by atoms with Gasteiger partial charge in [0.15, 0.2) is 0 Å². The molecule has 0 saturated heterocycles. The van der Waals surface area contributed by atoms with Gasteiger partial charge in [-0.05, 0) is 52.9 Å². The van der Waals surface area contributed by atoms with E-state index in [-0.39, 0.29) is 17.0 Å². The van der Waals surface area contributed by atoms with Gasteiger partial charge in [-0.25, -0.2) is 0 Å². The zero-order valence-electron chi connectivity index (χ0n) is 10.7. The number of aryl methyl sites for hydroxylation is 1. The topological polar surface area (TPSA) is 80.4 Å². The van der Waals surface area contributed by atoms with Crippen LogP contribution in [0, 0.1) is 6.92 Å². The molecular formula is C12H11BrN4O2S. The van der Waals surface area contributed by atoms with Crippen LogP contribution in [0.1, 0.15) is 11.3 Å². The van der Waals surface area contributed by atoms with Gasteiger partial charge >= 0.3 is 0 Å². The number of aromatic nitrogens is 3. The Morgan fingerprint density at radius 2 is 2.20 bits per heavy atom. The molecular weight excluding hydrogens is 344 g/mol. The molecule has 2 aromatic rings. The number of thioether (sulfide) groups is 1. The van der Waals surface area contributed by atoms with E-state index in [1.165, 1.54) is 22.7 Å². The summed E-state index contributed by atoms with van der Waals surface area (Å²) in [4.78, 5) is 12.0. The van der Waals surface area contributed by atoms with Crippen LogP contribution in [0.5, 0.6) is 5.75 Å². The number of phenolic OH excluding ortho intramolecular Hbond substituents is 1. The molecule has 1 heterocycles. The van der Waals surface area contributed by atoms with Gasteiger partial charge in [-0.3, -0.25) is 4.79 Å². The van der Waals surface area contributed by atoms with Crippen molar-refractivity contribution in [1.29, 1.82) is 0 Å². The molecule has 1 aromatic carbocycles. The van der Waals surface area contributed by atoms with E-state index >= 15 is 0 Å². The first kappa shape index (κ1) is 14.7. The van der Waals surface area contributed by atoms with Gasteiger partial charge in [-0.2, -0.15) is 9.78 Å². The molecule has 0 radical (unpaired) electrons. The number of phenols is 1. The normalized spacial score (nSPS) is 11.2. The Balaban J connectivity index is 2.43. The maximum Gasteiger partial charge on any atom is 0.296 e. The summed E-state index contributed by atoms with van der Waals surface area (Å²) in [6, 6.07) is 4.93. The molecule has 0 atom stereocenters. The Hall–Kier alpha value is -1.67. The first-order valence-corrected chi connectivity index (χ1v) is 7.58. The lowest BCUT2D eigenvalue weighted by Gasteiger charge is -2.04. The van der Waals surface area contributed by atoms with Crippen molar-refractivity contribution in [2.24, 2.45) is 5.10 Å². The van der Waals surface area contributed by atoms with Crippen LogP contribution in [0.15, 0.2) is 37.7 Å². The van der Waals surface area contributed by atoms with Gasteiger partial charge in [0.1, 0.15) is 11.4 Å². The summed E-state index contributed by atoms with van der Waals surface area (Å²) in [5.41, 5.74) is 0.716. The van der Waals surface area contributed by atoms with Gasteiger partial charge in [0.25, 0.3) is 5.56 Å². The molecule has 0 aliphatic carbocycles. The van der Waals surface area contributed by atoms with E-state index in [4.69, 9.17) is 0 Å². The van der Waals surface area contributed by atoms with Crippen LogP contribution in [0.2, 0.25) is 0 Å². The molecule has 2 rings (SSSR count). The molecule has 8 heteroatoms. The molecule has 0 saturated carbocycles. The molecule has 0 unspecified atom stereocenters. The van der Waals surface area contributed by atoms with Crippen molar-refractivity contribution < 1.29 is 5.11 Å². The van der Waals surface area contributed by atoms with Gasteiger partial charge in [0.2, 0.25) is 5.16 Å². The predicted octanol–water partition coefficient (Wildman–Crippen LogP) is 2.02. The van der Waals surface area contributed by atoms with Crippen molar-refractivity contribution in [2.75, 3.05) is 6.26 Å². The molecule has 0 aliphatic heterocycles. The monoisotopic (exact) mass is 354 g/mol. The van der Waals surface area contributed by atoms with Crippen molar-refractivity contribution in [2.45, 2.75) is 12.1 Å². The van der Waals surface area contributed by atoms with Crippen molar-refractivity contribution >= 4 is 33.9 Å². The van der Waals surface area contributed by atoms with Crippen molar-refractivity contribution in [3.63, 3.8) is 0 Å². The summed E-state index contributed by atoms with van der Waals surface area (Å²) in [5, 5.41) is 21.7. The molecule has 0 amide bonds. The standard InChI is InChI=1S/C12H11BrN4O2S/c1-7-11(19)17(12(20-2)16-15-7)14-6-8-3-4-10(18)9(13)5-8/h3-6,18H,1-2H3/b14-6-. The maximum absolute atomic E-state index is 12.0. The van der Waals surface area contributed by atoms with Crippen LogP contribution in [-0.2, 0) is 0 Å². The summed E-state index contributed by atoms with van der Waals surface area (Å²) in [6.45, 7) is 1.59. The SMILES string of the molecule is CSc1nnc(C)c(=O)n1/N=C\c1ccc(O)c(Br)c1. The molecule has 1 N–H and O–H groups in total. The van der Waals surface area contributed by atoms with Crippen molar-refractivity contribution in [3.8, 4) is 5.75 Å². The van der Waals surface area contributed by atoms with Crippen LogP contribution in [0.25, 0.3) is 0 Å². The Morgan fingerprint density at radius 1 is 1.45 bits per heavy atom. The lowest BCUT2D eigenvalue weighted by Crippen LogP contribution is -2.23. The number of aromatic hydroxyl groups is 1. The highest BCUT2D eigenvalue weighted by atomic mass is 79.9. The van der Waals surface area contributed by atoms with Gasteiger partial charge in [0, 0.05) is 0 Å². The van der Waals surface area contributed by atoms with Gasteiger partial charge in [-0.1, -0.05) is 11.8 Å². The highest BCUT2D eigenvalue weighted by Crippen LogP contribution is 2.23. The van der Waals surface area contributed by atoms with Crippen LogP contribution in [0.4, 0.5) is 0 Å². The molecule has 104 valence electrons. The highest BCUT2D eigenvalue weighted by molar-refractivity contribution is 9.10. The van der Waals surface area contributed by atoms with E-state index < -0.39 is 0 Å². The zero-order chi connectivity index (χ0) is 14.7. The second-order valence-corrected chi connectivity index (χ2v) is 5.47. The number of halogens is 1. The van der Waals surface area contributed by atoms with Crippen LogP contribution < -0.4 is 5.56 Å². The third-order valence-corrected chi connectivity index (χ3v) is 3.70. The second-order valence-electron chi connectivity index (χ2n) is 3.84. The summed E-state index contributed by atoms with van der Waals surface area (Å²) < 4.78 is 1.76. The molecule has 0 aliphatic rings. The minimum atomic E-state index is -0.307. The number of hydrogen-bond donors (Lipinski definition) is 1. The average molecular weight is 355 g/mol. The largest absolute Gasteiger partial charge is 0.507 e. The fourth-order valence-corrected chi connectivity index (χ4v) is 2.22. The van der Waals surface area contributed by atoms with Gasteiger partial charge in [0.05, 0.1) is 10.7 Å². The van der Waals surface area contributed by atoms with E-state index in [0.717, 1.165) is 5.56 Å². The Bertz CT molecular complexity index is 730.